The zero-order valence-electron chi connectivity index (χ0n) is 8.95. The molecule has 1 aromatic rings. The van der Waals surface area contributed by atoms with Gasteiger partial charge in [-0.1, -0.05) is 0 Å². The van der Waals surface area contributed by atoms with Crippen LogP contribution in [0.5, 0.6) is 0 Å². The smallest absolute Gasteiger partial charge is 0.272 e. The first kappa shape index (κ1) is 11.0. The van der Waals surface area contributed by atoms with Gasteiger partial charge in [-0.15, -0.1) is 0 Å². The van der Waals surface area contributed by atoms with Crippen molar-refractivity contribution in [1.29, 1.82) is 0 Å². The normalized spacial score (nSPS) is 16.9. The van der Waals surface area contributed by atoms with Crippen molar-refractivity contribution >= 4 is 5.91 Å². The van der Waals surface area contributed by atoms with Crippen LogP contribution >= 0.6 is 0 Å². The molecule has 4 nitrogen and oxygen atoms in total. The molecule has 0 bridgehead atoms. The summed E-state index contributed by atoms with van der Waals surface area (Å²) < 4.78 is 12.7. The van der Waals surface area contributed by atoms with Gasteiger partial charge in [0.15, 0.2) is 0 Å². The van der Waals surface area contributed by atoms with E-state index in [1.165, 1.54) is 12.1 Å². The Morgan fingerprint density at radius 2 is 2.25 bits per heavy atom. The first-order valence-corrected chi connectivity index (χ1v) is 5.39. The van der Waals surface area contributed by atoms with Crippen LogP contribution in [-0.4, -0.2) is 42.0 Å². The lowest BCUT2D eigenvalue weighted by molar-refractivity contribution is 0.0760. The second kappa shape index (κ2) is 5.03. The van der Waals surface area contributed by atoms with E-state index in [0.717, 1.165) is 32.3 Å². The fraction of sp³-hybridized carbons (Fsp3) is 0.455. The second-order valence-electron chi connectivity index (χ2n) is 3.76. The Labute approximate surface area is 93.5 Å². The molecule has 1 N–H and O–H groups in total. The Morgan fingerprint density at radius 3 is 3.00 bits per heavy atom. The molecule has 0 aromatic carbocycles. The third-order valence-electron chi connectivity index (χ3n) is 2.57. The lowest BCUT2D eigenvalue weighted by Crippen LogP contribution is -2.34. The predicted octanol–water partition coefficient (Wildman–Crippen LogP) is 0.656. The molecule has 16 heavy (non-hydrogen) atoms. The number of carbonyl (C=O) groups is 1. The van der Waals surface area contributed by atoms with Gasteiger partial charge < -0.3 is 10.2 Å². The predicted molar refractivity (Wildman–Crippen MR) is 57.6 cm³/mol. The van der Waals surface area contributed by atoms with E-state index < -0.39 is 5.82 Å². The van der Waals surface area contributed by atoms with Gasteiger partial charge in [-0.05, 0) is 25.1 Å². The number of hydrogen-bond acceptors (Lipinski definition) is 3. The van der Waals surface area contributed by atoms with Crippen LogP contribution in [0.25, 0.3) is 0 Å². The lowest BCUT2D eigenvalue weighted by atomic mass is 10.3. The molecule has 1 aliphatic rings. The number of rotatable bonds is 1. The molecule has 0 spiro atoms. The zero-order valence-corrected chi connectivity index (χ0v) is 8.95. The Kier molecular flexibility index (Phi) is 3.46. The SMILES string of the molecule is O=C(c1ccc(F)cn1)N1CCCNCC1. The number of nitrogens with one attached hydrogen (secondary N) is 1. The van der Waals surface area contributed by atoms with E-state index in [-0.39, 0.29) is 5.91 Å². The standard InChI is InChI=1S/C11H14FN3O/c12-9-2-3-10(14-8-9)11(16)15-6-1-4-13-5-7-15/h2-3,8,13H,1,4-7H2. The highest BCUT2D eigenvalue weighted by atomic mass is 19.1. The van der Waals surface area contributed by atoms with Crippen LogP contribution in [0.1, 0.15) is 16.9 Å². The second-order valence-corrected chi connectivity index (χ2v) is 3.76. The molecule has 0 saturated carbocycles. The molecule has 1 amide bonds. The Balaban J connectivity index is 2.08. The zero-order chi connectivity index (χ0) is 11.4. The van der Waals surface area contributed by atoms with Gasteiger partial charge in [0.1, 0.15) is 11.5 Å². The fourth-order valence-electron chi connectivity index (χ4n) is 1.71. The average molecular weight is 223 g/mol. The highest BCUT2D eigenvalue weighted by Gasteiger charge is 2.17. The number of nitrogens with zero attached hydrogens (tertiary/aromatic N) is 2. The maximum atomic E-state index is 12.7. The molecule has 2 heterocycles. The summed E-state index contributed by atoms with van der Waals surface area (Å²) in [4.78, 5) is 17.5. The highest BCUT2D eigenvalue weighted by Crippen LogP contribution is 2.05. The molecular weight excluding hydrogens is 209 g/mol. The van der Waals surface area contributed by atoms with E-state index in [0.29, 0.717) is 12.2 Å². The Morgan fingerprint density at radius 1 is 1.38 bits per heavy atom. The van der Waals surface area contributed by atoms with Crippen LogP contribution in [0.4, 0.5) is 4.39 Å². The monoisotopic (exact) mass is 223 g/mol. The number of hydrogen-bond donors (Lipinski definition) is 1. The number of amides is 1. The highest BCUT2D eigenvalue weighted by molar-refractivity contribution is 5.92. The van der Waals surface area contributed by atoms with E-state index in [1.807, 2.05) is 0 Å². The van der Waals surface area contributed by atoms with Crippen molar-refractivity contribution in [1.82, 2.24) is 15.2 Å². The van der Waals surface area contributed by atoms with Crippen molar-refractivity contribution in [3.63, 3.8) is 0 Å². The summed E-state index contributed by atoms with van der Waals surface area (Å²) in [6, 6.07) is 2.69. The van der Waals surface area contributed by atoms with E-state index in [2.05, 4.69) is 10.3 Å². The van der Waals surface area contributed by atoms with Gasteiger partial charge in [0, 0.05) is 19.6 Å². The van der Waals surface area contributed by atoms with Gasteiger partial charge in [-0.2, -0.15) is 0 Å². The van der Waals surface area contributed by atoms with Crippen molar-refractivity contribution in [3.05, 3.63) is 29.8 Å². The van der Waals surface area contributed by atoms with Crippen LogP contribution in [-0.2, 0) is 0 Å². The summed E-state index contributed by atoms with van der Waals surface area (Å²) in [6.45, 7) is 3.14. The van der Waals surface area contributed by atoms with Gasteiger partial charge in [0.2, 0.25) is 0 Å². The topological polar surface area (TPSA) is 45.2 Å². The summed E-state index contributed by atoms with van der Waals surface area (Å²) >= 11 is 0. The van der Waals surface area contributed by atoms with Crippen molar-refractivity contribution in [3.8, 4) is 0 Å². The molecule has 2 rings (SSSR count). The summed E-state index contributed by atoms with van der Waals surface area (Å²) in [7, 11) is 0. The Bertz CT molecular complexity index is 358. The maximum Gasteiger partial charge on any atom is 0.272 e. The van der Waals surface area contributed by atoms with Gasteiger partial charge in [0.25, 0.3) is 5.91 Å². The minimum atomic E-state index is -0.422. The maximum absolute atomic E-state index is 12.7. The van der Waals surface area contributed by atoms with Crippen LogP contribution in [0.3, 0.4) is 0 Å². The average Bonchev–Trinajstić information content (AvgIpc) is 2.57. The van der Waals surface area contributed by atoms with Crippen LogP contribution in [0, 0.1) is 5.82 Å². The van der Waals surface area contributed by atoms with E-state index >= 15 is 0 Å². The van der Waals surface area contributed by atoms with Crippen molar-refractivity contribution in [2.24, 2.45) is 0 Å². The lowest BCUT2D eigenvalue weighted by Gasteiger charge is -2.19. The van der Waals surface area contributed by atoms with Gasteiger partial charge in [0.05, 0.1) is 6.20 Å². The summed E-state index contributed by atoms with van der Waals surface area (Å²) in [6.07, 6.45) is 2.01. The van der Waals surface area contributed by atoms with Crippen molar-refractivity contribution in [2.75, 3.05) is 26.2 Å². The van der Waals surface area contributed by atoms with E-state index in [1.54, 1.807) is 4.90 Å². The van der Waals surface area contributed by atoms with Crippen LogP contribution < -0.4 is 5.32 Å². The molecule has 0 atom stereocenters. The van der Waals surface area contributed by atoms with Crippen LogP contribution in [0.2, 0.25) is 0 Å². The van der Waals surface area contributed by atoms with E-state index in [4.69, 9.17) is 0 Å². The quantitative estimate of drug-likeness (QED) is 0.760. The molecular formula is C11H14FN3O. The fourth-order valence-corrected chi connectivity index (χ4v) is 1.71. The molecule has 1 fully saturated rings. The summed E-state index contributed by atoms with van der Waals surface area (Å²) in [5.74, 6) is -0.544. The summed E-state index contributed by atoms with van der Waals surface area (Å²) in [5.41, 5.74) is 0.309. The molecule has 0 radical (unpaired) electrons. The van der Waals surface area contributed by atoms with Crippen molar-refractivity contribution < 1.29 is 9.18 Å². The van der Waals surface area contributed by atoms with Crippen molar-refractivity contribution in [2.45, 2.75) is 6.42 Å². The van der Waals surface area contributed by atoms with Gasteiger partial charge in [-0.3, -0.25) is 4.79 Å². The van der Waals surface area contributed by atoms with E-state index in [9.17, 15) is 9.18 Å². The Hall–Kier alpha value is -1.49. The third kappa shape index (κ3) is 2.55. The van der Waals surface area contributed by atoms with Crippen LogP contribution in [0.15, 0.2) is 18.3 Å². The number of pyridine rings is 1. The number of carbonyl (C=O) groups excluding carboxylic acids is 1. The third-order valence-corrected chi connectivity index (χ3v) is 2.57. The molecule has 1 aromatic heterocycles. The first-order chi connectivity index (χ1) is 7.77. The first-order valence-electron chi connectivity index (χ1n) is 5.39. The molecule has 0 aliphatic carbocycles. The molecule has 0 unspecified atom stereocenters. The molecule has 1 saturated heterocycles. The van der Waals surface area contributed by atoms with Gasteiger partial charge in [-0.25, -0.2) is 9.37 Å². The number of aromatic nitrogens is 1. The minimum Gasteiger partial charge on any atom is -0.336 e. The number of halogens is 1. The molecule has 5 heteroatoms. The van der Waals surface area contributed by atoms with Gasteiger partial charge >= 0.3 is 0 Å². The minimum absolute atomic E-state index is 0.122. The molecule has 86 valence electrons. The largest absolute Gasteiger partial charge is 0.336 e. The summed E-state index contributed by atoms with van der Waals surface area (Å²) in [5, 5.41) is 3.22. The molecule has 1 aliphatic heterocycles.